The molecule has 0 aliphatic carbocycles. The summed E-state index contributed by atoms with van der Waals surface area (Å²) in [5.41, 5.74) is -1.29. The van der Waals surface area contributed by atoms with Crippen molar-refractivity contribution in [2.75, 3.05) is 11.9 Å². The van der Waals surface area contributed by atoms with E-state index in [1.165, 1.54) is 12.1 Å². The molecule has 0 bridgehead atoms. The molecule has 0 radical (unpaired) electrons. The fraction of sp³-hybridized carbons (Fsp3) is 0.263. The highest BCUT2D eigenvalue weighted by molar-refractivity contribution is 6.32. The lowest BCUT2D eigenvalue weighted by Gasteiger charge is -2.06. The molecule has 3 aromatic rings. The molecule has 0 spiro atoms. The maximum Gasteiger partial charge on any atom is 0.291 e. The molecule has 1 aromatic carbocycles. The molecule has 0 atom stereocenters. The number of carbonyl (C=O) groups is 1. The van der Waals surface area contributed by atoms with Gasteiger partial charge in [-0.1, -0.05) is 11.6 Å². The van der Waals surface area contributed by atoms with E-state index in [9.17, 15) is 22.4 Å². The highest BCUT2D eigenvalue weighted by Gasteiger charge is 2.28. The minimum atomic E-state index is -3.12. The van der Waals surface area contributed by atoms with Gasteiger partial charge in [0, 0.05) is 5.69 Å². The third kappa shape index (κ3) is 4.76. The minimum Gasteiger partial charge on any atom is -0.494 e. The molecule has 2 aromatic heterocycles. The lowest BCUT2D eigenvalue weighted by molar-refractivity contribution is 0.0994. The summed E-state index contributed by atoms with van der Waals surface area (Å²) in [6, 6.07) is 9.33. The molecule has 0 unspecified atom stereocenters. The second-order valence-electron chi connectivity index (χ2n) is 6.02. The second kappa shape index (κ2) is 9.21. The van der Waals surface area contributed by atoms with Gasteiger partial charge in [0.2, 0.25) is 0 Å². The number of carbonyl (C=O) groups excluding carboxylic acids is 1. The van der Waals surface area contributed by atoms with Gasteiger partial charge in [0.15, 0.2) is 5.76 Å². The largest absolute Gasteiger partial charge is 0.494 e. The van der Waals surface area contributed by atoms with Crippen LogP contribution in [0.15, 0.2) is 40.8 Å². The number of anilines is 1. The Hall–Kier alpha value is -3.01. The lowest BCUT2D eigenvalue weighted by atomic mass is 10.3. The third-order valence-electron chi connectivity index (χ3n) is 3.98. The molecule has 0 aliphatic rings. The van der Waals surface area contributed by atoms with E-state index in [0.717, 1.165) is 0 Å². The van der Waals surface area contributed by atoms with Crippen molar-refractivity contribution in [3.8, 4) is 5.75 Å². The number of hydrogen-bond acceptors (Lipinski definition) is 4. The maximum atomic E-state index is 13.2. The molecule has 0 saturated heterocycles. The summed E-state index contributed by atoms with van der Waals surface area (Å²) in [6.07, 6.45) is -6.22. The number of aromatic nitrogens is 2. The highest BCUT2D eigenvalue weighted by Crippen LogP contribution is 2.35. The van der Waals surface area contributed by atoms with Gasteiger partial charge in [0.1, 0.15) is 22.9 Å². The predicted octanol–water partition coefficient (Wildman–Crippen LogP) is 5.70. The fourth-order valence-corrected chi connectivity index (χ4v) is 2.97. The standard InChI is InChI=1S/C19H16ClF4N3O3/c1-2-29-11-5-3-10(4-6-11)25-19(28)13-8-7-12(30-13)9-27-16(18(23)24)14(20)15(26-27)17(21)22/h3-8,17-18H,2,9H2,1H3,(H,25,28). The molecular formula is C19H16ClF4N3O3. The van der Waals surface area contributed by atoms with Crippen molar-refractivity contribution in [2.45, 2.75) is 26.3 Å². The van der Waals surface area contributed by atoms with E-state index >= 15 is 0 Å². The number of nitrogens with zero attached hydrogens (tertiary/aromatic N) is 2. The van der Waals surface area contributed by atoms with Crippen molar-refractivity contribution in [3.63, 3.8) is 0 Å². The molecule has 6 nitrogen and oxygen atoms in total. The Kier molecular flexibility index (Phi) is 6.66. The van der Waals surface area contributed by atoms with Gasteiger partial charge in [-0.25, -0.2) is 17.6 Å². The van der Waals surface area contributed by atoms with Gasteiger partial charge in [-0.15, -0.1) is 0 Å². The van der Waals surface area contributed by atoms with Crippen LogP contribution in [0.3, 0.4) is 0 Å². The van der Waals surface area contributed by atoms with E-state index in [1.807, 2.05) is 6.92 Å². The molecule has 30 heavy (non-hydrogen) atoms. The number of hydrogen-bond donors (Lipinski definition) is 1. The van der Waals surface area contributed by atoms with Crippen LogP contribution in [-0.2, 0) is 6.54 Å². The molecule has 1 amide bonds. The third-order valence-corrected chi connectivity index (χ3v) is 4.37. The van der Waals surface area contributed by atoms with Gasteiger partial charge in [0.05, 0.1) is 18.2 Å². The lowest BCUT2D eigenvalue weighted by Crippen LogP contribution is -2.11. The van der Waals surface area contributed by atoms with E-state index in [4.69, 9.17) is 20.8 Å². The summed E-state index contributed by atoms with van der Waals surface area (Å²) in [5, 5.41) is 5.27. The van der Waals surface area contributed by atoms with Crippen molar-refractivity contribution < 1.29 is 31.5 Å². The number of benzene rings is 1. The fourth-order valence-electron chi connectivity index (χ4n) is 2.67. The number of ether oxygens (including phenoxy) is 1. The first-order chi connectivity index (χ1) is 14.3. The summed E-state index contributed by atoms with van der Waals surface area (Å²) in [5.74, 6) is 0.0384. The molecular weight excluding hydrogens is 430 g/mol. The molecule has 0 aliphatic heterocycles. The van der Waals surface area contributed by atoms with Gasteiger partial charge >= 0.3 is 0 Å². The first-order valence-corrected chi connectivity index (χ1v) is 9.13. The zero-order valence-corrected chi connectivity index (χ0v) is 16.3. The Labute approximate surface area is 173 Å². The number of furan rings is 1. The predicted molar refractivity (Wildman–Crippen MR) is 101 cm³/mol. The van der Waals surface area contributed by atoms with Gasteiger partial charge in [-0.2, -0.15) is 5.10 Å². The van der Waals surface area contributed by atoms with Crippen molar-refractivity contribution in [3.05, 3.63) is 64.3 Å². The van der Waals surface area contributed by atoms with Gasteiger partial charge in [-0.05, 0) is 43.3 Å². The van der Waals surface area contributed by atoms with Crippen LogP contribution in [0.25, 0.3) is 0 Å². The minimum absolute atomic E-state index is 0.0636. The van der Waals surface area contributed by atoms with Crippen molar-refractivity contribution in [2.24, 2.45) is 0 Å². The Balaban J connectivity index is 1.73. The van der Waals surface area contributed by atoms with Crippen LogP contribution in [-0.4, -0.2) is 22.3 Å². The van der Waals surface area contributed by atoms with Crippen LogP contribution in [0, 0.1) is 0 Å². The van der Waals surface area contributed by atoms with E-state index in [1.54, 1.807) is 24.3 Å². The van der Waals surface area contributed by atoms with Crippen LogP contribution in [0.4, 0.5) is 23.2 Å². The van der Waals surface area contributed by atoms with Crippen molar-refractivity contribution in [1.82, 2.24) is 9.78 Å². The van der Waals surface area contributed by atoms with Gasteiger partial charge in [0.25, 0.3) is 18.8 Å². The second-order valence-corrected chi connectivity index (χ2v) is 6.40. The quantitative estimate of drug-likeness (QED) is 0.451. The van der Waals surface area contributed by atoms with Crippen LogP contribution in [0.1, 0.15) is 47.5 Å². The topological polar surface area (TPSA) is 69.3 Å². The maximum absolute atomic E-state index is 13.2. The first-order valence-electron chi connectivity index (χ1n) is 8.75. The Bertz CT molecular complexity index is 1020. The zero-order valence-electron chi connectivity index (χ0n) is 15.5. The van der Waals surface area contributed by atoms with Crippen LogP contribution in [0.2, 0.25) is 5.02 Å². The van der Waals surface area contributed by atoms with E-state index in [-0.39, 0.29) is 11.5 Å². The molecule has 0 fully saturated rings. The summed E-state index contributed by atoms with van der Waals surface area (Å²) < 4.78 is 63.6. The Morgan fingerprint density at radius 3 is 2.47 bits per heavy atom. The molecule has 11 heteroatoms. The average molecular weight is 446 g/mol. The van der Waals surface area contributed by atoms with E-state index in [2.05, 4.69) is 10.4 Å². The average Bonchev–Trinajstić information content (AvgIpc) is 3.28. The summed E-state index contributed by atoms with van der Waals surface area (Å²) in [6.45, 7) is 1.96. The van der Waals surface area contributed by atoms with Crippen LogP contribution >= 0.6 is 11.6 Å². The van der Waals surface area contributed by atoms with E-state index in [0.29, 0.717) is 22.7 Å². The zero-order chi connectivity index (χ0) is 21.8. The molecule has 2 heterocycles. The number of amides is 1. The molecule has 1 N–H and O–H groups in total. The molecule has 3 rings (SSSR count). The van der Waals surface area contributed by atoms with Crippen LogP contribution < -0.4 is 10.1 Å². The summed E-state index contributed by atoms with van der Waals surface area (Å²) >= 11 is 5.62. The number of nitrogens with one attached hydrogen (secondary N) is 1. The van der Waals surface area contributed by atoms with Crippen molar-refractivity contribution >= 4 is 23.2 Å². The summed E-state index contributed by atoms with van der Waals surface area (Å²) in [7, 11) is 0. The van der Waals surface area contributed by atoms with Gasteiger partial charge < -0.3 is 14.5 Å². The SMILES string of the molecule is CCOc1ccc(NC(=O)c2ccc(Cn3nc(C(F)F)c(Cl)c3C(F)F)o2)cc1. The summed E-state index contributed by atoms with van der Waals surface area (Å²) in [4.78, 5) is 12.3. The number of rotatable bonds is 8. The number of halogens is 5. The Morgan fingerprint density at radius 1 is 1.17 bits per heavy atom. The Morgan fingerprint density at radius 2 is 1.87 bits per heavy atom. The monoisotopic (exact) mass is 445 g/mol. The smallest absolute Gasteiger partial charge is 0.291 e. The van der Waals surface area contributed by atoms with Gasteiger partial charge in [-0.3, -0.25) is 9.48 Å². The molecule has 0 saturated carbocycles. The normalized spacial score (nSPS) is 11.3. The van der Waals surface area contributed by atoms with E-state index < -0.39 is 41.7 Å². The van der Waals surface area contributed by atoms with Crippen molar-refractivity contribution in [1.29, 1.82) is 0 Å². The molecule has 160 valence electrons. The number of alkyl halides is 4. The highest BCUT2D eigenvalue weighted by atomic mass is 35.5. The first kappa shape index (κ1) is 21.7. The van der Waals surface area contributed by atoms with Crippen LogP contribution in [0.5, 0.6) is 5.75 Å².